The first-order chi connectivity index (χ1) is 9.84. The molecule has 1 aromatic rings. The first-order valence-corrected chi connectivity index (χ1v) is 7.81. The van der Waals surface area contributed by atoms with Gasteiger partial charge in [0, 0.05) is 29.8 Å². The summed E-state index contributed by atoms with van der Waals surface area (Å²) < 4.78 is 5.79. The predicted molar refractivity (Wildman–Crippen MR) is 76.5 cm³/mol. The zero-order valence-electron chi connectivity index (χ0n) is 11.7. The molecule has 0 radical (unpaired) electrons. The van der Waals surface area contributed by atoms with Gasteiger partial charge in [0.2, 0.25) is 0 Å². The van der Waals surface area contributed by atoms with Crippen molar-refractivity contribution in [2.24, 2.45) is 11.7 Å². The Balaban J connectivity index is 1.57. The molecule has 3 aliphatic rings. The lowest BCUT2D eigenvalue weighted by atomic mass is 9.72. The lowest BCUT2D eigenvalue weighted by molar-refractivity contribution is 0.00520. The quantitative estimate of drug-likeness (QED) is 0.795. The molecular formula is C15H22N4O. The van der Waals surface area contributed by atoms with Crippen LogP contribution < -0.4 is 11.1 Å². The van der Waals surface area contributed by atoms with E-state index in [9.17, 15) is 0 Å². The van der Waals surface area contributed by atoms with Crippen molar-refractivity contribution in [1.29, 1.82) is 0 Å². The second-order valence-corrected chi connectivity index (χ2v) is 6.24. The topological polar surface area (TPSA) is 73.1 Å². The number of hydrogen-bond acceptors (Lipinski definition) is 5. The minimum Gasteiger partial charge on any atom is -0.376 e. The highest BCUT2D eigenvalue weighted by Gasteiger charge is 2.52. The van der Waals surface area contributed by atoms with Crippen LogP contribution in [0.5, 0.6) is 0 Å². The number of fused-ring (bicyclic) bond motifs is 2. The van der Waals surface area contributed by atoms with Crippen LogP contribution in [0.3, 0.4) is 0 Å². The molecule has 108 valence electrons. The zero-order valence-corrected chi connectivity index (χ0v) is 11.7. The Hall–Kier alpha value is -1.20. The Bertz CT molecular complexity index is 507. The van der Waals surface area contributed by atoms with Crippen molar-refractivity contribution < 1.29 is 4.74 Å². The molecule has 0 spiro atoms. The van der Waals surface area contributed by atoms with E-state index in [2.05, 4.69) is 15.3 Å². The molecule has 5 heteroatoms. The Morgan fingerprint density at radius 2 is 2.10 bits per heavy atom. The maximum atomic E-state index is 6.28. The van der Waals surface area contributed by atoms with Gasteiger partial charge in [-0.1, -0.05) is 6.42 Å². The van der Waals surface area contributed by atoms with Gasteiger partial charge in [0.05, 0.1) is 12.1 Å². The van der Waals surface area contributed by atoms with Gasteiger partial charge in [-0.3, -0.25) is 0 Å². The summed E-state index contributed by atoms with van der Waals surface area (Å²) in [5.74, 6) is 1.53. The summed E-state index contributed by atoms with van der Waals surface area (Å²) in [6.07, 6.45) is 8.97. The Labute approximate surface area is 119 Å². The van der Waals surface area contributed by atoms with Crippen molar-refractivity contribution >= 4 is 5.82 Å². The lowest BCUT2D eigenvalue weighted by Crippen LogP contribution is -2.65. The van der Waals surface area contributed by atoms with Crippen molar-refractivity contribution in [3.05, 3.63) is 17.6 Å². The highest BCUT2D eigenvalue weighted by atomic mass is 16.5. The van der Waals surface area contributed by atoms with Gasteiger partial charge in [-0.2, -0.15) is 0 Å². The number of aromatic nitrogens is 2. The average molecular weight is 274 g/mol. The normalized spacial score (nSPS) is 35.6. The third-order valence-electron chi connectivity index (χ3n) is 5.12. The summed E-state index contributed by atoms with van der Waals surface area (Å²) in [6, 6.07) is 0.406. The molecule has 2 fully saturated rings. The molecule has 1 aliphatic heterocycles. The number of nitrogens with two attached hydrogens (primary N) is 1. The molecule has 0 aromatic carbocycles. The van der Waals surface area contributed by atoms with E-state index in [0.29, 0.717) is 5.92 Å². The average Bonchev–Trinajstić information content (AvgIpc) is 2.76. The molecule has 4 atom stereocenters. The van der Waals surface area contributed by atoms with Gasteiger partial charge in [-0.05, 0) is 32.1 Å². The Morgan fingerprint density at radius 1 is 1.20 bits per heavy atom. The van der Waals surface area contributed by atoms with E-state index < -0.39 is 0 Å². The second kappa shape index (κ2) is 4.97. The molecule has 1 aromatic heterocycles. The molecule has 2 heterocycles. The van der Waals surface area contributed by atoms with Crippen LogP contribution in [0.4, 0.5) is 5.82 Å². The number of hydrogen-bond donors (Lipinski definition) is 2. The van der Waals surface area contributed by atoms with Gasteiger partial charge in [0.25, 0.3) is 0 Å². The van der Waals surface area contributed by atoms with Crippen LogP contribution in [-0.4, -0.2) is 34.8 Å². The summed E-state index contributed by atoms with van der Waals surface area (Å²) in [7, 11) is 0. The van der Waals surface area contributed by atoms with E-state index in [0.717, 1.165) is 31.7 Å². The standard InChI is InChI=1S/C15H22N4O/c16-12-10-6-7-20-14(10)13(12)19-15-9-4-2-1-3-5-11(9)17-8-18-15/h8,10,12-14H,1-7,16H2,(H,17,18,19). The summed E-state index contributed by atoms with van der Waals surface area (Å²) >= 11 is 0. The van der Waals surface area contributed by atoms with Crippen LogP contribution in [-0.2, 0) is 17.6 Å². The van der Waals surface area contributed by atoms with Gasteiger partial charge in [0.1, 0.15) is 12.1 Å². The number of aryl methyl sites for hydroxylation is 1. The molecule has 1 saturated carbocycles. The maximum Gasteiger partial charge on any atom is 0.133 e. The van der Waals surface area contributed by atoms with Crippen LogP contribution in [0.25, 0.3) is 0 Å². The van der Waals surface area contributed by atoms with E-state index in [4.69, 9.17) is 10.5 Å². The minimum atomic E-state index is 0.193. The van der Waals surface area contributed by atoms with Crippen LogP contribution >= 0.6 is 0 Å². The van der Waals surface area contributed by atoms with Gasteiger partial charge < -0.3 is 15.8 Å². The van der Waals surface area contributed by atoms with Crippen LogP contribution in [0.2, 0.25) is 0 Å². The number of nitrogens with zero attached hydrogens (tertiary/aromatic N) is 2. The van der Waals surface area contributed by atoms with E-state index in [1.54, 1.807) is 6.33 Å². The van der Waals surface area contributed by atoms with E-state index in [1.807, 2.05) is 0 Å². The summed E-state index contributed by atoms with van der Waals surface area (Å²) in [6.45, 7) is 0.850. The third-order valence-corrected chi connectivity index (χ3v) is 5.12. The highest BCUT2D eigenvalue weighted by Crippen LogP contribution is 2.39. The molecule has 4 rings (SSSR count). The number of ether oxygens (including phenoxy) is 1. The Kier molecular flexibility index (Phi) is 3.11. The van der Waals surface area contributed by atoms with Gasteiger partial charge in [-0.15, -0.1) is 0 Å². The molecule has 0 bridgehead atoms. The van der Waals surface area contributed by atoms with E-state index in [1.165, 1.54) is 30.5 Å². The van der Waals surface area contributed by atoms with Gasteiger partial charge in [0.15, 0.2) is 0 Å². The van der Waals surface area contributed by atoms with E-state index >= 15 is 0 Å². The third kappa shape index (κ3) is 1.91. The van der Waals surface area contributed by atoms with Crippen molar-refractivity contribution in [1.82, 2.24) is 9.97 Å². The molecule has 5 nitrogen and oxygen atoms in total. The smallest absolute Gasteiger partial charge is 0.133 e. The number of anilines is 1. The first-order valence-electron chi connectivity index (χ1n) is 7.81. The fourth-order valence-electron chi connectivity index (χ4n) is 3.91. The van der Waals surface area contributed by atoms with Crippen molar-refractivity contribution in [2.75, 3.05) is 11.9 Å². The van der Waals surface area contributed by atoms with E-state index in [-0.39, 0.29) is 18.2 Å². The predicted octanol–water partition coefficient (Wildman–Crippen LogP) is 1.27. The van der Waals surface area contributed by atoms with Gasteiger partial charge in [-0.25, -0.2) is 9.97 Å². The molecular weight excluding hydrogens is 252 g/mol. The zero-order chi connectivity index (χ0) is 13.5. The number of rotatable bonds is 2. The molecule has 0 amide bonds. The molecule has 20 heavy (non-hydrogen) atoms. The fourth-order valence-corrected chi connectivity index (χ4v) is 3.91. The number of nitrogens with one attached hydrogen (secondary N) is 1. The minimum absolute atomic E-state index is 0.193. The molecule has 4 unspecified atom stereocenters. The molecule has 3 N–H and O–H groups in total. The molecule has 1 saturated heterocycles. The maximum absolute atomic E-state index is 6.28. The first kappa shape index (κ1) is 12.5. The van der Waals surface area contributed by atoms with Crippen molar-refractivity contribution in [3.63, 3.8) is 0 Å². The monoisotopic (exact) mass is 274 g/mol. The molecule has 2 aliphatic carbocycles. The lowest BCUT2D eigenvalue weighted by Gasteiger charge is -2.46. The second-order valence-electron chi connectivity index (χ2n) is 6.24. The highest BCUT2D eigenvalue weighted by molar-refractivity contribution is 5.48. The van der Waals surface area contributed by atoms with Crippen LogP contribution in [0, 0.1) is 5.92 Å². The summed E-state index contributed by atoms with van der Waals surface area (Å²) in [5.41, 5.74) is 8.80. The summed E-state index contributed by atoms with van der Waals surface area (Å²) in [4.78, 5) is 8.93. The summed E-state index contributed by atoms with van der Waals surface area (Å²) in [5, 5.41) is 3.55. The van der Waals surface area contributed by atoms with Crippen molar-refractivity contribution in [2.45, 2.75) is 56.7 Å². The SMILES string of the molecule is NC1C2CCOC2C1Nc1ncnc2c1CCCCC2. The van der Waals surface area contributed by atoms with Crippen molar-refractivity contribution in [3.8, 4) is 0 Å². The Morgan fingerprint density at radius 3 is 3.05 bits per heavy atom. The fraction of sp³-hybridized carbons (Fsp3) is 0.733. The van der Waals surface area contributed by atoms with Crippen LogP contribution in [0.1, 0.15) is 36.9 Å². The largest absolute Gasteiger partial charge is 0.376 e. The van der Waals surface area contributed by atoms with Crippen LogP contribution in [0.15, 0.2) is 6.33 Å². The van der Waals surface area contributed by atoms with Gasteiger partial charge >= 0.3 is 0 Å².